The molecule has 1 aromatic carbocycles. The van der Waals surface area contributed by atoms with E-state index in [0.717, 1.165) is 11.4 Å². The van der Waals surface area contributed by atoms with Gasteiger partial charge in [-0.2, -0.15) is 0 Å². The van der Waals surface area contributed by atoms with Crippen LogP contribution in [-0.2, 0) is 4.79 Å². The number of nitrogens with zero attached hydrogens (tertiary/aromatic N) is 2. The number of aliphatic carboxylic acids is 1. The van der Waals surface area contributed by atoms with Crippen LogP contribution in [0.1, 0.15) is 0 Å². The van der Waals surface area contributed by atoms with Crippen LogP contribution in [0.5, 0.6) is 0 Å². The summed E-state index contributed by atoms with van der Waals surface area (Å²) in [5.41, 5.74) is 1.92. The second kappa shape index (κ2) is 2.90. The van der Waals surface area contributed by atoms with Gasteiger partial charge in [-0.05, 0) is 12.1 Å². The first kappa shape index (κ1) is 8.87. The van der Waals surface area contributed by atoms with Crippen LogP contribution >= 0.6 is 0 Å². The molecule has 4 heteroatoms. The van der Waals surface area contributed by atoms with Gasteiger partial charge >= 0.3 is 5.97 Å². The molecule has 74 valence electrons. The SMILES string of the molecule is CN1c2ccccc2N(C)C1C(=O)O. The minimum atomic E-state index is -0.828. The van der Waals surface area contributed by atoms with Gasteiger partial charge in [0.15, 0.2) is 0 Å². The lowest BCUT2D eigenvalue weighted by atomic mass is 10.3. The van der Waals surface area contributed by atoms with Crippen LogP contribution in [0, 0.1) is 0 Å². The van der Waals surface area contributed by atoms with Crippen LogP contribution in [0.3, 0.4) is 0 Å². The Bertz CT molecular complexity index is 349. The van der Waals surface area contributed by atoms with E-state index < -0.39 is 12.1 Å². The maximum atomic E-state index is 11.0. The normalized spacial score (nSPS) is 15.9. The molecule has 0 saturated carbocycles. The minimum absolute atomic E-state index is 0.590. The van der Waals surface area contributed by atoms with Crippen molar-refractivity contribution >= 4 is 17.3 Å². The molecule has 1 heterocycles. The Morgan fingerprint density at radius 2 is 1.64 bits per heavy atom. The molecule has 1 aromatic rings. The quantitative estimate of drug-likeness (QED) is 0.720. The predicted molar refractivity (Wildman–Crippen MR) is 54.7 cm³/mol. The van der Waals surface area contributed by atoms with Crippen molar-refractivity contribution in [2.24, 2.45) is 0 Å². The molecule has 2 rings (SSSR count). The zero-order valence-corrected chi connectivity index (χ0v) is 8.14. The van der Waals surface area contributed by atoms with Gasteiger partial charge in [-0.15, -0.1) is 0 Å². The van der Waals surface area contributed by atoms with Crippen LogP contribution < -0.4 is 9.80 Å². The average molecular weight is 192 g/mol. The number of para-hydroxylation sites is 2. The Morgan fingerprint density at radius 1 is 1.21 bits per heavy atom. The van der Waals surface area contributed by atoms with E-state index in [1.54, 1.807) is 23.9 Å². The fourth-order valence-electron chi connectivity index (χ4n) is 1.92. The van der Waals surface area contributed by atoms with Gasteiger partial charge in [0.25, 0.3) is 0 Å². The molecule has 0 unspecified atom stereocenters. The Morgan fingerprint density at radius 3 is 2.00 bits per heavy atom. The zero-order chi connectivity index (χ0) is 10.3. The highest BCUT2D eigenvalue weighted by Gasteiger charge is 2.35. The standard InChI is InChI=1S/C10H12N2O2/c1-11-7-5-3-4-6-8(7)12(2)9(11)10(13)14/h3-6,9H,1-2H3,(H,13,14). The van der Waals surface area contributed by atoms with Crippen molar-refractivity contribution in [3.05, 3.63) is 24.3 Å². The van der Waals surface area contributed by atoms with E-state index in [2.05, 4.69) is 0 Å². The largest absolute Gasteiger partial charge is 0.478 e. The summed E-state index contributed by atoms with van der Waals surface area (Å²) >= 11 is 0. The van der Waals surface area contributed by atoms with Crippen LogP contribution in [0.25, 0.3) is 0 Å². The predicted octanol–water partition coefficient (Wildman–Crippen LogP) is 0.983. The molecule has 0 aromatic heterocycles. The first-order chi connectivity index (χ1) is 6.63. The van der Waals surface area contributed by atoms with Crippen molar-refractivity contribution < 1.29 is 9.90 Å². The van der Waals surface area contributed by atoms with Gasteiger partial charge in [0.1, 0.15) is 0 Å². The van der Waals surface area contributed by atoms with Crippen LogP contribution in [0.15, 0.2) is 24.3 Å². The van der Waals surface area contributed by atoms with Crippen LogP contribution in [0.2, 0.25) is 0 Å². The summed E-state index contributed by atoms with van der Waals surface area (Å²) in [6, 6.07) is 7.67. The average Bonchev–Trinajstić information content (AvgIpc) is 2.41. The number of hydrogen-bond acceptors (Lipinski definition) is 3. The molecule has 0 aliphatic carbocycles. The highest BCUT2D eigenvalue weighted by molar-refractivity contribution is 5.90. The molecule has 14 heavy (non-hydrogen) atoms. The summed E-state index contributed by atoms with van der Waals surface area (Å²) in [5.74, 6) is -0.828. The number of likely N-dealkylation sites (N-methyl/N-ethyl adjacent to an activating group) is 2. The smallest absolute Gasteiger partial charge is 0.347 e. The maximum Gasteiger partial charge on any atom is 0.347 e. The molecule has 0 bridgehead atoms. The summed E-state index contributed by atoms with van der Waals surface area (Å²) < 4.78 is 0. The lowest BCUT2D eigenvalue weighted by Gasteiger charge is -2.23. The van der Waals surface area contributed by atoms with Crippen molar-refractivity contribution in [1.29, 1.82) is 0 Å². The Balaban J connectivity index is 2.48. The van der Waals surface area contributed by atoms with E-state index >= 15 is 0 Å². The van der Waals surface area contributed by atoms with E-state index in [1.807, 2.05) is 24.3 Å². The first-order valence-corrected chi connectivity index (χ1v) is 4.40. The van der Waals surface area contributed by atoms with Gasteiger partial charge in [-0.1, -0.05) is 12.1 Å². The van der Waals surface area contributed by atoms with Gasteiger partial charge in [0, 0.05) is 14.1 Å². The molecule has 1 aliphatic heterocycles. The monoisotopic (exact) mass is 192 g/mol. The Kier molecular flexibility index (Phi) is 1.84. The highest BCUT2D eigenvalue weighted by Crippen LogP contribution is 2.36. The van der Waals surface area contributed by atoms with Crippen molar-refractivity contribution in [3.8, 4) is 0 Å². The molecule has 0 radical (unpaired) electrons. The molecule has 0 amide bonds. The highest BCUT2D eigenvalue weighted by atomic mass is 16.4. The minimum Gasteiger partial charge on any atom is -0.478 e. The summed E-state index contributed by atoms with van der Waals surface area (Å²) in [7, 11) is 3.59. The van der Waals surface area contributed by atoms with Crippen molar-refractivity contribution in [1.82, 2.24) is 0 Å². The number of rotatable bonds is 1. The third kappa shape index (κ3) is 1.04. The number of anilines is 2. The van der Waals surface area contributed by atoms with Crippen molar-refractivity contribution in [2.75, 3.05) is 23.9 Å². The maximum absolute atomic E-state index is 11.0. The number of carboxylic acid groups (broad SMARTS) is 1. The summed E-state index contributed by atoms with van der Waals surface area (Å²) in [6.45, 7) is 0. The van der Waals surface area contributed by atoms with E-state index in [-0.39, 0.29) is 0 Å². The molecule has 1 aliphatic rings. The molecule has 0 atom stereocenters. The fourth-order valence-corrected chi connectivity index (χ4v) is 1.92. The molecule has 0 saturated heterocycles. The molecular formula is C10H12N2O2. The van der Waals surface area contributed by atoms with E-state index in [0.29, 0.717) is 0 Å². The lowest BCUT2D eigenvalue weighted by Crippen LogP contribution is -2.45. The van der Waals surface area contributed by atoms with E-state index in [4.69, 9.17) is 5.11 Å². The summed E-state index contributed by atoms with van der Waals surface area (Å²) in [5, 5.41) is 9.04. The Hall–Kier alpha value is -1.71. The summed E-state index contributed by atoms with van der Waals surface area (Å²) in [6.07, 6.45) is -0.590. The molecule has 0 spiro atoms. The molecule has 4 nitrogen and oxygen atoms in total. The number of benzene rings is 1. The fraction of sp³-hybridized carbons (Fsp3) is 0.300. The number of fused-ring (bicyclic) bond motifs is 1. The second-order valence-corrected chi connectivity index (χ2v) is 3.42. The first-order valence-electron chi connectivity index (χ1n) is 4.40. The topological polar surface area (TPSA) is 43.8 Å². The second-order valence-electron chi connectivity index (χ2n) is 3.42. The number of carboxylic acids is 1. The van der Waals surface area contributed by atoms with Gasteiger partial charge < -0.3 is 14.9 Å². The lowest BCUT2D eigenvalue weighted by molar-refractivity contribution is -0.138. The number of hydrogen-bond donors (Lipinski definition) is 1. The van der Waals surface area contributed by atoms with Gasteiger partial charge in [-0.3, -0.25) is 0 Å². The van der Waals surface area contributed by atoms with Crippen LogP contribution in [0.4, 0.5) is 11.4 Å². The summed E-state index contributed by atoms with van der Waals surface area (Å²) in [4.78, 5) is 14.5. The van der Waals surface area contributed by atoms with Crippen molar-refractivity contribution in [3.63, 3.8) is 0 Å². The van der Waals surface area contributed by atoms with Gasteiger partial charge in [0.05, 0.1) is 11.4 Å². The zero-order valence-electron chi connectivity index (χ0n) is 8.14. The third-order valence-corrected chi connectivity index (χ3v) is 2.60. The van der Waals surface area contributed by atoms with E-state index in [9.17, 15) is 4.79 Å². The third-order valence-electron chi connectivity index (χ3n) is 2.60. The molecule has 0 fully saturated rings. The van der Waals surface area contributed by atoms with Gasteiger partial charge in [-0.25, -0.2) is 4.79 Å². The number of carbonyl (C=O) groups is 1. The van der Waals surface area contributed by atoms with Gasteiger partial charge in [0.2, 0.25) is 6.17 Å². The Labute approximate surface area is 82.4 Å². The van der Waals surface area contributed by atoms with Crippen molar-refractivity contribution in [2.45, 2.75) is 6.17 Å². The van der Waals surface area contributed by atoms with E-state index in [1.165, 1.54) is 0 Å². The van der Waals surface area contributed by atoms with Crippen LogP contribution in [-0.4, -0.2) is 31.3 Å². The molecule has 1 N–H and O–H groups in total. The molecular weight excluding hydrogens is 180 g/mol.